The molecule has 3 aromatic carbocycles. The number of hydrogen-bond donors (Lipinski definition) is 2. The maximum absolute atomic E-state index is 13.8. The van der Waals surface area contributed by atoms with E-state index in [0.29, 0.717) is 15.6 Å². The number of thioether (sulfide) groups is 1. The Kier molecular flexibility index (Phi) is 7.88. The van der Waals surface area contributed by atoms with Crippen LogP contribution in [0.15, 0.2) is 53.4 Å². The van der Waals surface area contributed by atoms with Crippen LogP contribution in [0.2, 0.25) is 10.0 Å². The molecule has 4 nitrogen and oxygen atoms in total. The first-order valence-electron chi connectivity index (χ1n) is 9.23. The molecule has 0 fully saturated rings. The van der Waals surface area contributed by atoms with Gasteiger partial charge in [-0.25, -0.2) is 17.6 Å². The van der Waals surface area contributed by atoms with Crippen LogP contribution < -0.4 is 10.6 Å². The summed E-state index contributed by atoms with van der Waals surface area (Å²) in [6.07, 6.45) is 0. The second-order valence-corrected chi connectivity index (χ2v) is 8.96. The summed E-state index contributed by atoms with van der Waals surface area (Å²) in [6.45, 7) is 1.43. The van der Waals surface area contributed by atoms with E-state index in [4.69, 9.17) is 23.2 Å². The molecule has 2 N–H and O–H groups in total. The monoisotopic (exact) mass is 516 g/mol. The largest absolute Gasteiger partial charge is 0.322 e. The van der Waals surface area contributed by atoms with E-state index in [1.54, 1.807) is 24.3 Å². The number of carbonyl (C=O) groups is 2. The van der Waals surface area contributed by atoms with E-state index in [0.717, 1.165) is 11.8 Å². The summed E-state index contributed by atoms with van der Waals surface area (Å²) in [4.78, 5) is 25.4. The van der Waals surface area contributed by atoms with E-state index in [1.807, 2.05) is 5.32 Å². The van der Waals surface area contributed by atoms with Crippen molar-refractivity contribution in [3.05, 3.63) is 87.4 Å². The first-order valence-corrected chi connectivity index (χ1v) is 10.9. The van der Waals surface area contributed by atoms with Crippen LogP contribution in [0.25, 0.3) is 0 Å². The lowest BCUT2D eigenvalue weighted by Gasteiger charge is -2.14. The zero-order valence-electron chi connectivity index (χ0n) is 16.7. The molecule has 0 bridgehead atoms. The van der Waals surface area contributed by atoms with Gasteiger partial charge in [0.05, 0.1) is 15.8 Å². The smallest absolute Gasteiger partial charge is 0.257 e. The molecule has 0 aromatic heterocycles. The lowest BCUT2D eigenvalue weighted by Crippen LogP contribution is -2.24. The fourth-order valence-corrected chi connectivity index (χ4v) is 4.11. The predicted molar refractivity (Wildman–Crippen MR) is 121 cm³/mol. The maximum Gasteiger partial charge on any atom is 0.257 e. The Balaban J connectivity index is 1.70. The third kappa shape index (κ3) is 5.98. The fourth-order valence-electron chi connectivity index (χ4n) is 2.68. The zero-order valence-corrected chi connectivity index (χ0v) is 19.0. The summed E-state index contributed by atoms with van der Waals surface area (Å²) < 4.78 is 54.3. The number of halogens is 6. The number of benzene rings is 3. The van der Waals surface area contributed by atoms with E-state index in [9.17, 15) is 27.2 Å². The SMILES string of the molecule is CC(Sc1cccc(NC(=O)c2ccc(Cl)cc2Cl)c1)C(=O)Nc1c(F)c(F)cc(F)c1F. The van der Waals surface area contributed by atoms with Gasteiger partial charge in [0, 0.05) is 21.7 Å². The highest BCUT2D eigenvalue weighted by molar-refractivity contribution is 8.00. The molecule has 3 aromatic rings. The van der Waals surface area contributed by atoms with Crippen molar-refractivity contribution in [2.45, 2.75) is 17.1 Å². The lowest BCUT2D eigenvalue weighted by atomic mass is 10.2. The molecule has 0 heterocycles. The summed E-state index contributed by atoms with van der Waals surface area (Å²) in [5.74, 6) is -8.04. The normalized spacial score (nSPS) is 11.7. The molecule has 0 spiro atoms. The van der Waals surface area contributed by atoms with E-state index >= 15 is 0 Å². The molecule has 0 aliphatic carbocycles. The maximum atomic E-state index is 13.8. The molecule has 0 saturated heterocycles. The lowest BCUT2D eigenvalue weighted by molar-refractivity contribution is -0.115. The minimum atomic E-state index is -1.70. The minimum absolute atomic E-state index is 0.0511. The Morgan fingerprint density at radius 3 is 2.21 bits per heavy atom. The van der Waals surface area contributed by atoms with E-state index in [2.05, 4.69) is 5.32 Å². The molecule has 1 atom stereocenters. The van der Waals surface area contributed by atoms with Crippen LogP contribution in [0.5, 0.6) is 0 Å². The summed E-state index contributed by atoms with van der Waals surface area (Å²) in [5, 5.41) is 4.18. The first kappa shape index (κ1) is 24.9. The first-order chi connectivity index (χ1) is 15.6. The molecule has 3 rings (SSSR count). The molecule has 0 radical (unpaired) electrons. The number of rotatable bonds is 6. The van der Waals surface area contributed by atoms with E-state index in [1.165, 1.54) is 25.1 Å². The van der Waals surface area contributed by atoms with Crippen LogP contribution in [-0.2, 0) is 4.79 Å². The summed E-state index contributed by atoms with van der Waals surface area (Å²) in [6, 6.07) is 10.9. The van der Waals surface area contributed by atoms with Crippen LogP contribution in [0.1, 0.15) is 17.3 Å². The van der Waals surface area contributed by atoms with Crippen LogP contribution in [0.4, 0.5) is 28.9 Å². The average molecular weight is 517 g/mol. The van der Waals surface area contributed by atoms with Gasteiger partial charge in [-0.2, -0.15) is 0 Å². The van der Waals surface area contributed by atoms with Gasteiger partial charge in [0.25, 0.3) is 5.91 Å². The molecule has 11 heteroatoms. The standard InChI is InChI=1S/C22H14Cl2F4N2O2S/c1-10(21(31)30-20-18(27)16(25)9-17(26)19(20)28)33-13-4-2-3-12(8-13)29-22(32)14-6-5-11(23)7-15(14)24/h2-10H,1H3,(H,29,32)(H,30,31). The summed E-state index contributed by atoms with van der Waals surface area (Å²) in [7, 11) is 0. The Bertz CT molecular complexity index is 1220. The Morgan fingerprint density at radius 1 is 0.909 bits per heavy atom. The molecule has 33 heavy (non-hydrogen) atoms. The van der Waals surface area contributed by atoms with Crippen molar-refractivity contribution in [1.82, 2.24) is 0 Å². The third-order valence-electron chi connectivity index (χ3n) is 4.31. The number of nitrogens with one attached hydrogen (secondary N) is 2. The predicted octanol–water partition coefficient (Wildman–Crippen LogP) is 6.92. The highest BCUT2D eigenvalue weighted by Crippen LogP contribution is 2.29. The van der Waals surface area contributed by atoms with Gasteiger partial charge in [-0.15, -0.1) is 11.8 Å². The van der Waals surface area contributed by atoms with Crippen LogP contribution in [0.3, 0.4) is 0 Å². The van der Waals surface area contributed by atoms with Crippen LogP contribution in [0, 0.1) is 23.3 Å². The summed E-state index contributed by atoms with van der Waals surface area (Å²) >= 11 is 12.9. The molecule has 0 aliphatic heterocycles. The molecule has 1 unspecified atom stereocenters. The van der Waals surface area contributed by atoms with Gasteiger partial charge in [0.2, 0.25) is 5.91 Å². The van der Waals surface area contributed by atoms with Crippen molar-refractivity contribution in [2.24, 2.45) is 0 Å². The molecule has 0 saturated carbocycles. The van der Waals surface area contributed by atoms with Gasteiger partial charge < -0.3 is 10.6 Å². The van der Waals surface area contributed by atoms with Crippen molar-refractivity contribution in [3.8, 4) is 0 Å². The highest BCUT2D eigenvalue weighted by Gasteiger charge is 2.23. The number of carbonyl (C=O) groups excluding carboxylic acids is 2. The Morgan fingerprint density at radius 2 is 1.58 bits per heavy atom. The van der Waals surface area contributed by atoms with Crippen molar-refractivity contribution >= 4 is 58.2 Å². The van der Waals surface area contributed by atoms with Crippen LogP contribution in [-0.4, -0.2) is 17.1 Å². The second-order valence-electron chi connectivity index (χ2n) is 6.70. The third-order valence-corrected chi connectivity index (χ3v) is 5.95. The zero-order chi connectivity index (χ0) is 24.3. The van der Waals surface area contributed by atoms with Crippen molar-refractivity contribution in [3.63, 3.8) is 0 Å². The molecular formula is C22H14Cl2F4N2O2S. The van der Waals surface area contributed by atoms with E-state index < -0.39 is 46.0 Å². The average Bonchev–Trinajstić information content (AvgIpc) is 2.75. The highest BCUT2D eigenvalue weighted by atomic mass is 35.5. The van der Waals surface area contributed by atoms with Gasteiger partial charge in [0.1, 0.15) is 5.69 Å². The van der Waals surface area contributed by atoms with Crippen molar-refractivity contribution in [1.29, 1.82) is 0 Å². The quantitative estimate of drug-likeness (QED) is 0.212. The fraction of sp³-hybridized carbons (Fsp3) is 0.0909. The van der Waals surface area contributed by atoms with Gasteiger partial charge in [-0.3, -0.25) is 9.59 Å². The number of anilines is 2. The molecule has 0 aliphatic rings. The second kappa shape index (κ2) is 10.5. The van der Waals surface area contributed by atoms with Gasteiger partial charge in [-0.1, -0.05) is 29.3 Å². The van der Waals surface area contributed by atoms with Gasteiger partial charge in [0.15, 0.2) is 23.3 Å². The molecule has 2 amide bonds. The Hall–Kier alpha value is -2.75. The van der Waals surface area contributed by atoms with Crippen molar-refractivity contribution < 1.29 is 27.2 Å². The minimum Gasteiger partial charge on any atom is -0.322 e. The number of amides is 2. The Labute approximate surface area is 200 Å². The molecule has 172 valence electrons. The topological polar surface area (TPSA) is 58.2 Å². The van der Waals surface area contributed by atoms with E-state index in [-0.39, 0.29) is 16.7 Å². The van der Waals surface area contributed by atoms with Crippen LogP contribution >= 0.6 is 35.0 Å². The van der Waals surface area contributed by atoms with Gasteiger partial charge in [-0.05, 0) is 43.3 Å². The molecular weight excluding hydrogens is 503 g/mol. The number of hydrogen-bond acceptors (Lipinski definition) is 3. The van der Waals surface area contributed by atoms with Gasteiger partial charge >= 0.3 is 0 Å². The van der Waals surface area contributed by atoms with Crippen molar-refractivity contribution in [2.75, 3.05) is 10.6 Å². The summed E-state index contributed by atoms with van der Waals surface area (Å²) in [5.41, 5.74) is -0.600.